The lowest BCUT2D eigenvalue weighted by Gasteiger charge is -2.26. The SMILES string of the molecule is CC(C)(c1ccc(OCC2CO2)cc1)c1ccc(OOOCCOCCOOOc2ccc(C(C)(C)c3ccc(OCC4CO4)cc3)cc2)cc1. The molecule has 0 radical (unpaired) electrons. The molecule has 2 unspecified atom stereocenters. The minimum absolute atomic E-state index is 0.159. The van der Waals surface area contributed by atoms with Crippen molar-refractivity contribution in [3.8, 4) is 23.0 Å². The highest BCUT2D eigenvalue weighted by Gasteiger charge is 2.26. The zero-order valence-electron chi connectivity index (χ0n) is 29.5. The Labute approximate surface area is 298 Å². The Morgan fingerprint density at radius 1 is 0.471 bits per heavy atom. The van der Waals surface area contributed by atoms with E-state index in [4.69, 9.17) is 53.3 Å². The average Bonchev–Trinajstić information content (AvgIpc) is 4.09. The minimum Gasteiger partial charge on any atom is -0.491 e. The van der Waals surface area contributed by atoms with Crippen LogP contribution in [0.25, 0.3) is 0 Å². The zero-order chi connectivity index (χ0) is 35.5. The standard InChI is InChI=1S/C40H46O11/c1-39(2,29-5-13-33(14-6-29)42-25-37-27-44-37)31-9-17-35(18-10-31)48-50-46-23-21-41-22-24-47-51-49-36-19-11-32(12-20-36)40(3,4)30-7-15-34(16-8-30)43-26-38-28-45-38/h5-20,37-38H,21-28H2,1-4H3. The predicted molar refractivity (Wildman–Crippen MR) is 187 cm³/mol. The number of rotatable bonds is 22. The number of ether oxygens (including phenoxy) is 5. The first-order valence-electron chi connectivity index (χ1n) is 17.2. The van der Waals surface area contributed by atoms with Crippen molar-refractivity contribution in [3.05, 3.63) is 119 Å². The van der Waals surface area contributed by atoms with E-state index in [-0.39, 0.29) is 49.5 Å². The van der Waals surface area contributed by atoms with Gasteiger partial charge in [-0.3, -0.25) is 0 Å². The molecule has 0 N–H and O–H groups in total. The summed E-state index contributed by atoms with van der Waals surface area (Å²) in [6, 6.07) is 31.7. The van der Waals surface area contributed by atoms with Crippen molar-refractivity contribution in [2.45, 2.75) is 50.7 Å². The molecule has 0 amide bonds. The molecule has 4 aromatic carbocycles. The molecule has 0 saturated carbocycles. The molecule has 4 aromatic rings. The van der Waals surface area contributed by atoms with Crippen LogP contribution in [-0.2, 0) is 44.9 Å². The van der Waals surface area contributed by atoms with Gasteiger partial charge in [-0.2, -0.15) is 9.78 Å². The topological polar surface area (TPSA) is 108 Å². The predicted octanol–water partition coefficient (Wildman–Crippen LogP) is 7.09. The average molecular weight is 703 g/mol. The third kappa shape index (κ3) is 10.9. The van der Waals surface area contributed by atoms with Crippen LogP contribution < -0.4 is 19.2 Å². The van der Waals surface area contributed by atoms with E-state index < -0.39 is 0 Å². The Bertz CT molecular complexity index is 1490. The largest absolute Gasteiger partial charge is 0.491 e. The second-order valence-corrected chi connectivity index (χ2v) is 13.4. The first kappa shape index (κ1) is 36.6. The van der Waals surface area contributed by atoms with Gasteiger partial charge in [0, 0.05) is 10.8 Å². The van der Waals surface area contributed by atoms with Crippen molar-refractivity contribution >= 4 is 0 Å². The fourth-order valence-electron chi connectivity index (χ4n) is 5.31. The summed E-state index contributed by atoms with van der Waals surface area (Å²) in [5.41, 5.74) is 4.16. The van der Waals surface area contributed by atoms with Gasteiger partial charge >= 0.3 is 0 Å². The van der Waals surface area contributed by atoms with Crippen molar-refractivity contribution in [1.29, 1.82) is 0 Å². The minimum atomic E-state index is -0.217. The normalized spacial score (nSPS) is 16.8. The number of epoxide rings is 2. The lowest BCUT2D eigenvalue weighted by atomic mass is 9.78. The van der Waals surface area contributed by atoms with Crippen LogP contribution in [-0.4, -0.2) is 65.1 Å². The fourth-order valence-corrected chi connectivity index (χ4v) is 5.31. The highest BCUT2D eigenvalue weighted by atomic mass is 17.5. The van der Waals surface area contributed by atoms with E-state index >= 15 is 0 Å². The molecule has 2 heterocycles. The summed E-state index contributed by atoms with van der Waals surface area (Å²) < 4.78 is 27.4. The summed E-state index contributed by atoms with van der Waals surface area (Å²) in [6.45, 7) is 12.3. The molecule has 2 aliphatic rings. The van der Waals surface area contributed by atoms with E-state index in [9.17, 15) is 0 Å². The third-order valence-electron chi connectivity index (χ3n) is 8.96. The van der Waals surface area contributed by atoms with Crippen molar-refractivity contribution in [2.75, 3.05) is 52.9 Å². The number of benzene rings is 4. The van der Waals surface area contributed by atoms with Crippen molar-refractivity contribution in [2.24, 2.45) is 0 Å². The lowest BCUT2D eigenvalue weighted by molar-refractivity contribution is -0.471. The van der Waals surface area contributed by atoms with Crippen LogP contribution in [0.3, 0.4) is 0 Å². The van der Waals surface area contributed by atoms with Gasteiger partial charge in [-0.15, -0.1) is 0 Å². The van der Waals surface area contributed by atoms with E-state index in [1.165, 1.54) is 11.1 Å². The van der Waals surface area contributed by atoms with Gasteiger partial charge in [-0.05, 0) is 80.9 Å². The maximum absolute atomic E-state index is 5.76. The molecule has 0 spiro atoms. The summed E-state index contributed by atoms with van der Waals surface area (Å²) in [5.74, 6) is 2.71. The van der Waals surface area contributed by atoms with Gasteiger partial charge in [0.1, 0.15) is 50.1 Å². The monoisotopic (exact) mass is 702 g/mol. The number of hydrogen-bond donors (Lipinski definition) is 0. The quantitative estimate of drug-likeness (QED) is 0.0362. The summed E-state index contributed by atoms with van der Waals surface area (Å²) in [7, 11) is 0. The van der Waals surface area contributed by atoms with Gasteiger partial charge in [0.05, 0.1) is 26.4 Å². The van der Waals surface area contributed by atoms with Crippen LogP contribution in [0.5, 0.6) is 23.0 Å². The van der Waals surface area contributed by atoms with Crippen molar-refractivity contribution < 1.29 is 53.3 Å². The Hall–Kier alpha value is -4.20. The molecule has 2 saturated heterocycles. The Morgan fingerprint density at radius 3 is 1.10 bits per heavy atom. The van der Waals surface area contributed by atoms with Crippen LogP contribution >= 0.6 is 0 Å². The van der Waals surface area contributed by atoms with Crippen LogP contribution in [0.15, 0.2) is 97.1 Å². The molecule has 2 aliphatic heterocycles. The second-order valence-electron chi connectivity index (χ2n) is 13.4. The summed E-state index contributed by atoms with van der Waals surface area (Å²) in [6.07, 6.45) is 0.467. The van der Waals surface area contributed by atoms with Gasteiger partial charge in [-0.25, -0.2) is 0 Å². The molecule has 0 bridgehead atoms. The molecule has 2 fully saturated rings. The Kier molecular flexibility index (Phi) is 12.4. The maximum atomic E-state index is 5.76. The molecule has 51 heavy (non-hydrogen) atoms. The molecule has 11 heteroatoms. The van der Waals surface area contributed by atoms with Gasteiger partial charge in [0.2, 0.25) is 0 Å². The van der Waals surface area contributed by atoms with Crippen LogP contribution in [0.1, 0.15) is 49.9 Å². The first-order chi connectivity index (χ1) is 24.8. The second kappa shape index (κ2) is 17.3. The molecule has 2 atom stereocenters. The molecule has 11 nitrogen and oxygen atoms in total. The fraction of sp³-hybridized carbons (Fsp3) is 0.400. The molecule has 6 rings (SSSR count). The molecular weight excluding hydrogens is 656 g/mol. The Morgan fingerprint density at radius 2 is 0.784 bits per heavy atom. The van der Waals surface area contributed by atoms with E-state index in [1.807, 2.05) is 72.8 Å². The highest BCUT2D eigenvalue weighted by Crippen LogP contribution is 2.35. The van der Waals surface area contributed by atoms with Crippen LogP contribution in [0.2, 0.25) is 0 Å². The third-order valence-corrected chi connectivity index (χ3v) is 8.96. The first-order valence-corrected chi connectivity index (χ1v) is 17.2. The molecule has 272 valence electrons. The van der Waals surface area contributed by atoms with Crippen molar-refractivity contribution in [1.82, 2.24) is 0 Å². The lowest BCUT2D eigenvalue weighted by Crippen LogP contribution is -2.18. The van der Waals surface area contributed by atoms with Crippen molar-refractivity contribution in [3.63, 3.8) is 0 Å². The van der Waals surface area contributed by atoms with E-state index in [1.54, 1.807) is 0 Å². The zero-order valence-corrected chi connectivity index (χ0v) is 29.5. The van der Waals surface area contributed by atoms with Gasteiger partial charge < -0.3 is 33.5 Å². The van der Waals surface area contributed by atoms with Crippen LogP contribution in [0.4, 0.5) is 0 Å². The van der Waals surface area contributed by atoms with Gasteiger partial charge in [0.15, 0.2) is 11.5 Å². The number of hydrogen-bond acceptors (Lipinski definition) is 11. The van der Waals surface area contributed by atoms with Gasteiger partial charge in [0.25, 0.3) is 0 Å². The van der Waals surface area contributed by atoms with E-state index in [2.05, 4.69) is 52.0 Å². The molecule has 0 aliphatic carbocycles. The van der Waals surface area contributed by atoms with Crippen LogP contribution in [0, 0.1) is 0 Å². The summed E-state index contributed by atoms with van der Waals surface area (Å²) in [5, 5.41) is 9.74. The maximum Gasteiger partial charge on any atom is 0.168 e. The highest BCUT2D eigenvalue weighted by molar-refractivity contribution is 5.43. The Balaban J connectivity index is 0.798. The van der Waals surface area contributed by atoms with E-state index in [0.29, 0.717) is 24.7 Å². The summed E-state index contributed by atoms with van der Waals surface area (Å²) in [4.78, 5) is 20.6. The molecular formula is C40H46O11. The van der Waals surface area contributed by atoms with E-state index in [0.717, 1.165) is 35.8 Å². The summed E-state index contributed by atoms with van der Waals surface area (Å²) >= 11 is 0. The molecule has 0 aromatic heterocycles. The van der Waals surface area contributed by atoms with Gasteiger partial charge in [-0.1, -0.05) is 76.2 Å². The smallest absolute Gasteiger partial charge is 0.168 e.